The zero-order valence-electron chi connectivity index (χ0n) is 9.60. The van der Waals surface area contributed by atoms with Gasteiger partial charge in [0.25, 0.3) is 0 Å². The van der Waals surface area contributed by atoms with Crippen LogP contribution < -0.4 is 4.74 Å². The molecule has 0 saturated carbocycles. The number of ether oxygens (including phenoxy) is 2. The van der Waals surface area contributed by atoms with Crippen molar-refractivity contribution >= 4 is 23.9 Å². The van der Waals surface area contributed by atoms with Crippen LogP contribution in [0.5, 0.6) is 5.75 Å². The average Bonchev–Trinajstić information content (AvgIpc) is 2.31. The molecule has 0 aliphatic rings. The second kappa shape index (κ2) is 6.25. The van der Waals surface area contributed by atoms with Crippen LogP contribution in [0.25, 0.3) is 0 Å². The number of carbonyl (C=O) groups excluding carboxylic acids is 2. The van der Waals surface area contributed by atoms with Gasteiger partial charge in [-0.15, -0.1) is 0 Å². The van der Waals surface area contributed by atoms with Crippen molar-refractivity contribution in [2.24, 2.45) is 0 Å². The summed E-state index contributed by atoms with van der Waals surface area (Å²) in [6, 6.07) is 4.58. The van der Waals surface area contributed by atoms with Crippen LogP contribution in [0.2, 0.25) is 5.02 Å². The molecule has 17 heavy (non-hydrogen) atoms. The first kappa shape index (κ1) is 13.5. The van der Waals surface area contributed by atoms with Crippen molar-refractivity contribution in [3.63, 3.8) is 0 Å². The second-order valence-electron chi connectivity index (χ2n) is 3.32. The van der Waals surface area contributed by atoms with E-state index in [0.717, 1.165) is 0 Å². The van der Waals surface area contributed by atoms with Gasteiger partial charge in [-0.05, 0) is 32.0 Å². The van der Waals surface area contributed by atoms with Crippen LogP contribution in [0.4, 0.5) is 0 Å². The Morgan fingerprint density at radius 3 is 2.76 bits per heavy atom. The van der Waals surface area contributed by atoms with E-state index in [4.69, 9.17) is 21.1 Å². The molecule has 0 fully saturated rings. The van der Waals surface area contributed by atoms with Gasteiger partial charge in [0, 0.05) is 5.56 Å². The Bertz CT molecular complexity index is 417. The van der Waals surface area contributed by atoms with Crippen molar-refractivity contribution in [1.29, 1.82) is 0 Å². The van der Waals surface area contributed by atoms with Gasteiger partial charge in [0.2, 0.25) is 0 Å². The normalized spacial score (nSPS) is 11.7. The Morgan fingerprint density at radius 1 is 1.53 bits per heavy atom. The van der Waals surface area contributed by atoms with E-state index in [1.54, 1.807) is 26.0 Å². The first-order valence-corrected chi connectivity index (χ1v) is 5.54. The third-order valence-corrected chi connectivity index (χ3v) is 2.31. The van der Waals surface area contributed by atoms with E-state index in [1.807, 2.05) is 0 Å². The molecular weight excluding hydrogens is 244 g/mol. The summed E-state index contributed by atoms with van der Waals surface area (Å²) >= 11 is 5.90. The summed E-state index contributed by atoms with van der Waals surface area (Å²) in [5, 5.41) is 0.283. The van der Waals surface area contributed by atoms with Crippen molar-refractivity contribution in [2.75, 3.05) is 6.61 Å². The first-order chi connectivity index (χ1) is 8.08. The molecule has 0 aliphatic carbocycles. The molecule has 1 aromatic carbocycles. The minimum absolute atomic E-state index is 0.283. The summed E-state index contributed by atoms with van der Waals surface area (Å²) in [5.74, 6) is -0.110. The van der Waals surface area contributed by atoms with Gasteiger partial charge in [-0.25, -0.2) is 4.79 Å². The molecule has 0 saturated heterocycles. The zero-order chi connectivity index (χ0) is 12.8. The molecule has 0 amide bonds. The monoisotopic (exact) mass is 256 g/mol. The minimum Gasteiger partial charge on any atom is -0.477 e. The smallest absolute Gasteiger partial charge is 0.347 e. The zero-order valence-corrected chi connectivity index (χ0v) is 10.4. The van der Waals surface area contributed by atoms with Crippen LogP contribution in [-0.4, -0.2) is 25.0 Å². The maximum atomic E-state index is 11.3. The molecule has 1 rings (SSSR count). The molecule has 0 heterocycles. The van der Waals surface area contributed by atoms with E-state index in [9.17, 15) is 9.59 Å². The fourth-order valence-electron chi connectivity index (χ4n) is 1.18. The molecule has 1 atom stereocenters. The van der Waals surface area contributed by atoms with E-state index in [0.29, 0.717) is 24.2 Å². The van der Waals surface area contributed by atoms with Crippen LogP contribution in [0.1, 0.15) is 24.2 Å². The largest absolute Gasteiger partial charge is 0.477 e. The molecule has 1 aromatic rings. The third kappa shape index (κ3) is 3.75. The van der Waals surface area contributed by atoms with Gasteiger partial charge in [0.05, 0.1) is 11.6 Å². The average molecular weight is 257 g/mol. The highest BCUT2D eigenvalue weighted by atomic mass is 35.5. The molecule has 0 radical (unpaired) electrons. The molecule has 4 nitrogen and oxygen atoms in total. The highest BCUT2D eigenvalue weighted by Crippen LogP contribution is 2.26. The predicted molar refractivity (Wildman–Crippen MR) is 63.6 cm³/mol. The standard InChI is InChI=1S/C12H13ClO4/c1-3-16-12(15)8(2)17-11-5-4-9(7-14)6-10(11)13/h4-8H,3H2,1-2H3. The number of hydrogen-bond acceptors (Lipinski definition) is 4. The highest BCUT2D eigenvalue weighted by Gasteiger charge is 2.17. The van der Waals surface area contributed by atoms with Gasteiger partial charge in [-0.3, -0.25) is 4.79 Å². The number of halogens is 1. The van der Waals surface area contributed by atoms with Gasteiger partial charge in [0.15, 0.2) is 6.10 Å². The van der Waals surface area contributed by atoms with Crippen LogP contribution in [0.15, 0.2) is 18.2 Å². The quantitative estimate of drug-likeness (QED) is 0.600. The fraction of sp³-hybridized carbons (Fsp3) is 0.333. The van der Waals surface area contributed by atoms with Crippen molar-refractivity contribution in [2.45, 2.75) is 20.0 Å². The predicted octanol–water partition coefficient (Wildman–Crippen LogP) is 2.48. The number of benzene rings is 1. The molecule has 5 heteroatoms. The molecule has 0 aliphatic heterocycles. The lowest BCUT2D eigenvalue weighted by Gasteiger charge is -2.14. The Labute approximate surface area is 104 Å². The second-order valence-corrected chi connectivity index (χ2v) is 3.73. The lowest BCUT2D eigenvalue weighted by molar-refractivity contribution is -0.150. The van der Waals surface area contributed by atoms with Crippen molar-refractivity contribution in [3.8, 4) is 5.75 Å². The number of rotatable bonds is 5. The summed E-state index contributed by atoms with van der Waals surface area (Å²) in [5.41, 5.74) is 0.450. The highest BCUT2D eigenvalue weighted by molar-refractivity contribution is 6.32. The summed E-state index contributed by atoms with van der Waals surface area (Å²) in [6.45, 7) is 3.59. The maximum absolute atomic E-state index is 11.3. The summed E-state index contributed by atoms with van der Waals surface area (Å²) < 4.78 is 10.1. The minimum atomic E-state index is -0.741. The molecule has 0 spiro atoms. The number of esters is 1. The van der Waals surface area contributed by atoms with Crippen LogP contribution in [0, 0.1) is 0 Å². The van der Waals surface area contributed by atoms with Crippen LogP contribution in [0.3, 0.4) is 0 Å². The van der Waals surface area contributed by atoms with E-state index in [1.165, 1.54) is 6.07 Å². The fourth-order valence-corrected chi connectivity index (χ4v) is 1.42. The molecule has 92 valence electrons. The number of carbonyl (C=O) groups is 2. The van der Waals surface area contributed by atoms with E-state index in [2.05, 4.69) is 0 Å². The lowest BCUT2D eigenvalue weighted by Crippen LogP contribution is -2.26. The van der Waals surface area contributed by atoms with E-state index in [-0.39, 0.29) is 5.02 Å². The van der Waals surface area contributed by atoms with Crippen molar-refractivity contribution < 1.29 is 19.1 Å². The van der Waals surface area contributed by atoms with Crippen LogP contribution >= 0.6 is 11.6 Å². The summed E-state index contributed by atoms with van der Waals surface area (Å²) in [4.78, 5) is 21.8. The third-order valence-electron chi connectivity index (χ3n) is 2.01. The van der Waals surface area contributed by atoms with Gasteiger partial charge in [-0.1, -0.05) is 11.6 Å². The summed E-state index contributed by atoms with van der Waals surface area (Å²) in [6.07, 6.45) is -0.0562. The Balaban J connectivity index is 2.74. The topological polar surface area (TPSA) is 52.6 Å². The lowest BCUT2D eigenvalue weighted by atomic mass is 10.2. The summed E-state index contributed by atoms with van der Waals surface area (Å²) in [7, 11) is 0. The molecule has 1 unspecified atom stereocenters. The Hall–Kier alpha value is -1.55. The van der Waals surface area contributed by atoms with E-state index < -0.39 is 12.1 Å². The SMILES string of the molecule is CCOC(=O)C(C)Oc1ccc(C=O)cc1Cl. The number of aldehydes is 1. The van der Waals surface area contributed by atoms with Gasteiger partial charge < -0.3 is 9.47 Å². The molecule has 0 N–H and O–H groups in total. The van der Waals surface area contributed by atoms with Gasteiger partial charge in [0.1, 0.15) is 12.0 Å². The maximum Gasteiger partial charge on any atom is 0.347 e. The Kier molecular flexibility index (Phi) is 4.97. The molecule has 0 aromatic heterocycles. The number of hydrogen-bond donors (Lipinski definition) is 0. The van der Waals surface area contributed by atoms with Crippen LogP contribution in [-0.2, 0) is 9.53 Å². The first-order valence-electron chi connectivity index (χ1n) is 5.16. The van der Waals surface area contributed by atoms with Crippen molar-refractivity contribution in [3.05, 3.63) is 28.8 Å². The molecular formula is C12H13ClO4. The van der Waals surface area contributed by atoms with Crippen molar-refractivity contribution in [1.82, 2.24) is 0 Å². The Morgan fingerprint density at radius 2 is 2.24 bits per heavy atom. The van der Waals surface area contributed by atoms with Gasteiger partial charge >= 0.3 is 5.97 Å². The van der Waals surface area contributed by atoms with E-state index >= 15 is 0 Å². The van der Waals surface area contributed by atoms with Gasteiger partial charge in [-0.2, -0.15) is 0 Å². The molecule has 0 bridgehead atoms.